The maximum absolute atomic E-state index is 12.9. The minimum Gasteiger partial charge on any atom is -0.462 e. The number of anilines is 1. The maximum atomic E-state index is 12.9. The molecule has 2 aromatic heterocycles. The van der Waals surface area contributed by atoms with Gasteiger partial charge >= 0.3 is 5.97 Å². The molecule has 0 saturated carbocycles. The number of rotatable bonds is 5. The lowest BCUT2D eigenvalue weighted by atomic mass is 10.1. The summed E-state index contributed by atoms with van der Waals surface area (Å²) in [5, 5.41) is 4.09. The molecule has 0 bridgehead atoms. The first-order chi connectivity index (χ1) is 12.7. The predicted octanol–water partition coefficient (Wildman–Crippen LogP) is 3.24. The highest BCUT2D eigenvalue weighted by Gasteiger charge is 2.21. The molecule has 0 amide bonds. The molecule has 2 heterocycles. The first kappa shape index (κ1) is 18.9. The summed E-state index contributed by atoms with van der Waals surface area (Å²) >= 11 is 0. The Kier molecular flexibility index (Phi) is 4.93. The molecule has 0 spiro atoms. The van der Waals surface area contributed by atoms with Crippen LogP contribution in [0.5, 0.6) is 0 Å². The second kappa shape index (κ2) is 7.03. The largest absolute Gasteiger partial charge is 0.462 e. The number of ether oxygens (including phenoxy) is 1. The molecule has 0 atom stereocenters. The van der Waals surface area contributed by atoms with Crippen molar-refractivity contribution in [2.24, 2.45) is 0 Å². The van der Waals surface area contributed by atoms with Crippen molar-refractivity contribution in [3.8, 4) is 0 Å². The Bertz CT molecular complexity index is 1110. The van der Waals surface area contributed by atoms with E-state index in [0.29, 0.717) is 22.3 Å². The quantitative estimate of drug-likeness (QED) is 0.679. The summed E-state index contributed by atoms with van der Waals surface area (Å²) < 4.78 is 35.0. The van der Waals surface area contributed by atoms with Crippen molar-refractivity contribution in [1.82, 2.24) is 9.61 Å². The molecule has 0 aliphatic carbocycles. The van der Waals surface area contributed by atoms with Crippen molar-refractivity contribution >= 4 is 27.2 Å². The van der Waals surface area contributed by atoms with Crippen LogP contribution in [0.25, 0.3) is 5.52 Å². The van der Waals surface area contributed by atoms with E-state index >= 15 is 0 Å². The molecular weight excluding hydrogens is 366 g/mol. The van der Waals surface area contributed by atoms with Crippen LogP contribution in [0.3, 0.4) is 0 Å². The van der Waals surface area contributed by atoms with Gasteiger partial charge in [-0.2, -0.15) is 5.10 Å². The molecule has 142 valence electrons. The first-order valence-corrected chi connectivity index (χ1v) is 9.96. The second-order valence-electron chi connectivity index (χ2n) is 6.36. The van der Waals surface area contributed by atoms with Crippen molar-refractivity contribution in [2.45, 2.75) is 32.6 Å². The van der Waals surface area contributed by atoms with E-state index in [9.17, 15) is 13.2 Å². The van der Waals surface area contributed by atoms with Gasteiger partial charge in [-0.25, -0.2) is 17.7 Å². The summed E-state index contributed by atoms with van der Waals surface area (Å²) in [4.78, 5) is 12.3. The number of sulfonamides is 1. The Morgan fingerprint density at radius 3 is 2.48 bits per heavy atom. The number of nitrogens with one attached hydrogen (secondary N) is 1. The number of carbonyl (C=O) groups excluding carboxylic acids is 1. The number of aromatic nitrogens is 2. The summed E-state index contributed by atoms with van der Waals surface area (Å²) in [5.41, 5.74) is 3.44. The number of carbonyl (C=O) groups is 1. The van der Waals surface area contributed by atoms with Gasteiger partial charge < -0.3 is 4.74 Å². The zero-order valence-electron chi connectivity index (χ0n) is 15.6. The zero-order valence-corrected chi connectivity index (χ0v) is 16.4. The van der Waals surface area contributed by atoms with Crippen molar-refractivity contribution < 1.29 is 17.9 Å². The number of benzene rings is 1. The number of aryl methyl sites for hydroxylation is 3. The molecule has 8 heteroatoms. The van der Waals surface area contributed by atoms with Gasteiger partial charge in [-0.15, -0.1) is 0 Å². The summed E-state index contributed by atoms with van der Waals surface area (Å²) in [5.74, 6) is -0.502. The van der Waals surface area contributed by atoms with Gasteiger partial charge in [0.15, 0.2) is 0 Å². The van der Waals surface area contributed by atoms with Gasteiger partial charge in [0.05, 0.1) is 28.9 Å². The number of pyridine rings is 1. The van der Waals surface area contributed by atoms with E-state index in [1.807, 2.05) is 19.1 Å². The molecule has 3 rings (SSSR count). The lowest BCUT2D eigenvalue weighted by Crippen LogP contribution is -2.16. The van der Waals surface area contributed by atoms with Crippen molar-refractivity contribution in [2.75, 3.05) is 11.3 Å². The molecule has 0 fully saturated rings. The summed E-state index contributed by atoms with van der Waals surface area (Å²) in [6.45, 7) is 7.43. The highest BCUT2D eigenvalue weighted by atomic mass is 32.2. The number of hydrogen-bond donors (Lipinski definition) is 1. The molecule has 3 aromatic rings. The molecule has 0 radical (unpaired) electrons. The van der Waals surface area contributed by atoms with Gasteiger partial charge in [0.1, 0.15) is 5.56 Å². The fourth-order valence-electron chi connectivity index (χ4n) is 3.21. The maximum Gasteiger partial charge on any atom is 0.341 e. The Morgan fingerprint density at radius 2 is 1.85 bits per heavy atom. The summed E-state index contributed by atoms with van der Waals surface area (Å²) in [7, 11) is -3.78. The van der Waals surface area contributed by atoms with Gasteiger partial charge in [-0.05, 0) is 51.0 Å². The van der Waals surface area contributed by atoms with Crippen molar-refractivity contribution in [3.05, 3.63) is 58.9 Å². The topological polar surface area (TPSA) is 89.8 Å². The Hall–Kier alpha value is -2.87. The first-order valence-electron chi connectivity index (χ1n) is 8.48. The Labute approximate surface area is 158 Å². The van der Waals surface area contributed by atoms with E-state index in [2.05, 4.69) is 9.82 Å². The molecule has 1 N–H and O–H groups in total. The fourth-order valence-corrected chi connectivity index (χ4v) is 4.71. The third-order valence-electron chi connectivity index (χ3n) is 4.14. The normalized spacial score (nSPS) is 11.6. The van der Waals surface area contributed by atoms with Crippen LogP contribution in [-0.2, 0) is 14.8 Å². The second-order valence-corrected chi connectivity index (χ2v) is 7.98. The minimum atomic E-state index is -3.78. The standard InChI is InChI=1S/C19H21N3O4S/c1-5-26-19(23)16-11-20-22-7-6-15(10-17(16)22)21-27(24,25)18-13(3)8-12(2)9-14(18)4/h6-11,21H,5H2,1-4H3. The molecule has 0 saturated heterocycles. The van der Waals surface area contributed by atoms with Gasteiger partial charge in [-0.3, -0.25) is 4.72 Å². The van der Waals surface area contributed by atoms with E-state index in [1.165, 1.54) is 10.7 Å². The van der Waals surface area contributed by atoms with Crippen molar-refractivity contribution in [3.63, 3.8) is 0 Å². The average Bonchev–Trinajstić information content (AvgIpc) is 2.96. The third kappa shape index (κ3) is 3.66. The SMILES string of the molecule is CCOC(=O)c1cnn2ccc(NS(=O)(=O)c3c(C)cc(C)cc3C)cc12. The monoisotopic (exact) mass is 387 g/mol. The van der Waals surface area contributed by atoms with Crippen LogP contribution in [0.4, 0.5) is 5.69 Å². The van der Waals surface area contributed by atoms with Crippen LogP contribution < -0.4 is 4.72 Å². The van der Waals surface area contributed by atoms with E-state index < -0.39 is 16.0 Å². The lowest BCUT2D eigenvalue weighted by Gasteiger charge is -2.14. The van der Waals surface area contributed by atoms with Crippen molar-refractivity contribution in [1.29, 1.82) is 0 Å². The number of hydrogen-bond acceptors (Lipinski definition) is 5. The highest BCUT2D eigenvalue weighted by molar-refractivity contribution is 7.92. The fraction of sp³-hybridized carbons (Fsp3) is 0.263. The number of nitrogens with zero attached hydrogens (tertiary/aromatic N) is 2. The Morgan fingerprint density at radius 1 is 1.19 bits per heavy atom. The van der Waals surface area contributed by atoms with Gasteiger partial charge in [0, 0.05) is 6.20 Å². The summed E-state index contributed by atoms with van der Waals surface area (Å²) in [6.07, 6.45) is 2.99. The smallest absolute Gasteiger partial charge is 0.341 e. The predicted molar refractivity (Wildman–Crippen MR) is 103 cm³/mol. The van der Waals surface area contributed by atoms with Gasteiger partial charge in [0.25, 0.3) is 10.0 Å². The van der Waals surface area contributed by atoms with Crippen LogP contribution in [0.2, 0.25) is 0 Å². The number of esters is 1. The third-order valence-corrected chi connectivity index (χ3v) is 5.83. The molecule has 7 nitrogen and oxygen atoms in total. The van der Waals surface area contributed by atoms with E-state index in [4.69, 9.17) is 4.74 Å². The number of fused-ring (bicyclic) bond motifs is 1. The van der Waals surface area contributed by atoms with Crippen LogP contribution in [0.15, 0.2) is 41.6 Å². The lowest BCUT2D eigenvalue weighted by molar-refractivity contribution is 0.0528. The van der Waals surface area contributed by atoms with Crippen LogP contribution >= 0.6 is 0 Å². The minimum absolute atomic E-state index is 0.245. The molecule has 27 heavy (non-hydrogen) atoms. The molecular formula is C19H21N3O4S. The van der Waals surface area contributed by atoms with E-state index in [-0.39, 0.29) is 17.1 Å². The van der Waals surface area contributed by atoms with Crippen LogP contribution in [0.1, 0.15) is 34.0 Å². The molecule has 1 aromatic carbocycles. The summed E-state index contributed by atoms with van der Waals surface area (Å²) in [6, 6.07) is 6.82. The molecule has 0 aliphatic rings. The molecule has 0 aliphatic heterocycles. The average molecular weight is 387 g/mol. The Balaban J connectivity index is 2.01. The highest BCUT2D eigenvalue weighted by Crippen LogP contribution is 2.25. The van der Waals surface area contributed by atoms with E-state index in [1.54, 1.807) is 39.1 Å². The van der Waals surface area contributed by atoms with Crippen LogP contribution in [-0.4, -0.2) is 30.6 Å². The van der Waals surface area contributed by atoms with Gasteiger partial charge in [-0.1, -0.05) is 17.7 Å². The van der Waals surface area contributed by atoms with E-state index in [0.717, 1.165) is 5.56 Å². The zero-order chi connectivity index (χ0) is 19.8. The van der Waals surface area contributed by atoms with Gasteiger partial charge in [0.2, 0.25) is 0 Å². The van der Waals surface area contributed by atoms with Crippen LogP contribution in [0, 0.1) is 20.8 Å². The molecule has 0 unspecified atom stereocenters.